The number of nitrogens with zero attached hydrogens (tertiary/aromatic N) is 2. The maximum atomic E-state index is 12.7. The van der Waals surface area contributed by atoms with Crippen molar-refractivity contribution in [2.24, 2.45) is 0 Å². The third-order valence-electron chi connectivity index (χ3n) is 2.10. The lowest BCUT2D eigenvalue weighted by Gasteiger charge is -2.07. The number of pyridine rings is 1. The van der Waals surface area contributed by atoms with Crippen LogP contribution in [0.2, 0.25) is 5.15 Å². The van der Waals surface area contributed by atoms with Gasteiger partial charge in [-0.2, -0.15) is 0 Å². The number of ether oxygens (including phenoxy) is 1. The van der Waals surface area contributed by atoms with Crippen LogP contribution in [0, 0.1) is 10.1 Å². The second kappa shape index (κ2) is 6.37. The number of halogens is 3. The van der Waals surface area contributed by atoms with Gasteiger partial charge in [-0.1, -0.05) is 11.6 Å². The molecule has 0 spiro atoms. The van der Waals surface area contributed by atoms with Gasteiger partial charge in [-0.3, -0.25) is 14.9 Å². The molecular formula is C10H9ClF2N2O4. The van der Waals surface area contributed by atoms with E-state index in [2.05, 4.69) is 9.72 Å². The van der Waals surface area contributed by atoms with Gasteiger partial charge in [-0.25, -0.2) is 13.8 Å². The molecule has 19 heavy (non-hydrogen) atoms. The Morgan fingerprint density at radius 1 is 1.63 bits per heavy atom. The number of carbonyl (C=O) groups excluding carboxylic acids is 1. The molecule has 0 aliphatic heterocycles. The molecule has 6 nitrogen and oxygen atoms in total. The summed E-state index contributed by atoms with van der Waals surface area (Å²) in [6.07, 6.45) is -3.69. The van der Waals surface area contributed by atoms with Crippen LogP contribution in [0.3, 0.4) is 0 Å². The lowest BCUT2D eigenvalue weighted by Crippen LogP contribution is -2.11. The summed E-state index contributed by atoms with van der Waals surface area (Å²) in [7, 11) is 0. The van der Waals surface area contributed by atoms with E-state index in [-0.39, 0.29) is 17.3 Å². The molecule has 1 heterocycles. The molecule has 104 valence electrons. The summed E-state index contributed by atoms with van der Waals surface area (Å²) in [5.41, 5.74) is -2.22. The first-order chi connectivity index (χ1) is 8.86. The molecule has 1 aromatic heterocycles. The number of aromatic nitrogens is 1. The average molecular weight is 295 g/mol. The van der Waals surface area contributed by atoms with Crippen LogP contribution >= 0.6 is 11.6 Å². The molecule has 0 saturated carbocycles. The summed E-state index contributed by atoms with van der Waals surface area (Å²) in [4.78, 5) is 24.3. The predicted molar refractivity (Wildman–Crippen MR) is 61.2 cm³/mol. The van der Waals surface area contributed by atoms with Crippen molar-refractivity contribution in [1.82, 2.24) is 4.98 Å². The molecule has 1 rings (SSSR count). The van der Waals surface area contributed by atoms with E-state index in [4.69, 9.17) is 11.6 Å². The molecule has 0 aliphatic carbocycles. The lowest BCUT2D eigenvalue weighted by atomic mass is 10.1. The van der Waals surface area contributed by atoms with Gasteiger partial charge in [-0.05, 0) is 13.0 Å². The summed E-state index contributed by atoms with van der Waals surface area (Å²) in [6, 6.07) is 1.00. The number of hydrogen-bond donors (Lipinski definition) is 0. The van der Waals surface area contributed by atoms with Crippen LogP contribution in [0.5, 0.6) is 0 Å². The Kier molecular flexibility index (Phi) is 5.11. The van der Waals surface area contributed by atoms with E-state index in [9.17, 15) is 23.7 Å². The topological polar surface area (TPSA) is 82.3 Å². The standard InChI is InChI=1S/C10H9ClF2N2O4/c1-2-19-7(16)4-5-3-6(11)14-8(10(12)13)9(5)15(17)18/h3,10H,2,4H2,1H3. The van der Waals surface area contributed by atoms with Crippen molar-refractivity contribution >= 4 is 23.3 Å². The van der Waals surface area contributed by atoms with Gasteiger partial charge in [0.1, 0.15) is 5.15 Å². The van der Waals surface area contributed by atoms with Gasteiger partial charge >= 0.3 is 11.7 Å². The van der Waals surface area contributed by atoms with E-state index < -0.39 is 35.1 Å². The van der Waals surface area contributed by atoms with Crippen LogP contribution < -0.4 is 0 Å². The number of esters is 1. The summed E-state index contributed by atoms with van der Waals surface area (Å²) in [6.45, 7) is 1.63. The third kappa shape index (κ3) is 3.82. The van der Waals surface area contributed by atoms with Crippen LogP contribution in [-0.4, -0.2) is 22.5 Å². The minimum atomic E-state index is -3.17. The van der Waals surface area contributed by atoms with Gasteiger partial charge in [0.2, 0.25) is 0 Å². The highest BCUT2D eigenvalue weighted by Gasteiger charge is 2.29. The highest BCUT2D eigenvalue weighted by molar-refractivity contribution is 6.29. The molecule has 9 heteroatoms. The number of alkyl halides is 2. The van der Waals surface area contributed by atoms with E-state index in [1.54, 1.807) is 6.92 Å². The summed E-state index contributed by atoms with van der Waals surface area (Å²) >= 11 is 5.51. The number of carbonyl (C=O) groups is 1. The molecular weight excluding hydrogens is 286 g/mol. The Labute approximate surface area is 111 Å². The van der Waals surface area contributed by atoms with Gasteiger partial charge < -0.3 is 4.74 Å². The Morgan fingerprint density at radius 3 is 2.74 bits per heavy atom. The van der Waals surface area contributed by atoms with Gasteiger partial charge in [0.05, 0.1) is 18.0 Å². The van der Waals surface area contributed by atoms with Crippen LogP contribution in [0.1, 0.15) is 24.6 Å². The second-order valence-electron chi connectivity index (χ2n) is 3.38. The Hall–Kier alpha value is -1.83. The highest BCUT2D eigenvalue weighted by Crippen LogP contribution is 2.32. The SMILES string of the molecule is CCOC(=O)Cc1cc(Cl)nc(C(F)F)c1[N+](=O)[O-]. The minimum absolute atomic E-state index is 0.0765. The highest BCUT2D eigenvalue weighted by atomic mass is 35.5. The van der Waals surface area contributed by atoms with Gasteiger partial charge in [0.25, 0.3) is 6.43 Å². The second-order valence-corrected chi connectivity index (χ2v) is 3.76. The molecule has 0 aromatic carbocycles. The van der Waals surface area contributed by atoms with Crippen molar-refractivity contribution < 1.29 is 23.2 Å². The van der Waals surface area contributed by atoms with Crippen molar-refractivity contribution in [3.8, 4) is 0 Å². The zero-order chi connectivity index (χ0) is 14.6. The fourth-order valence-corrected chi connectivity index (χ4v) is 1.66. The van der Waals surface area contributed by atoms with Gasteiger partial charge in [0.15, 0.2) is 5.69 Å². The average Bonchev–Trinajstić information content (AvgIpc) is 2.27. The fraction of sp³-hybridized carbons (Fsp3) is 0.400. The quantitative estimate of drug-likeness (QED) is 0.361. The van der Waals surface area contributed by atoms with Crippen LogP contribution in [0.4, 0.5) is 14.5 Å². The molecule has 0 aliphatic rings. The number of nitro groups is 1. The lowest BCUT2D eigenvalue weighted by molar-refractivity contribution is -0.387. The van der Waals surface area contributed by atoms with Crippen LogP contribution in [-0.2, 0) is 16.0 Å². The van der Waals surface area contributed by atoms with Crippen molar-refractivity contribution in [2.75, 3.05) is 6.61 Å². The Bertz CT molecular complexity index is 511. The summed E-state index contributed by atoms with van der Waals surface area (Å²) < 4.78 is 30.0. The molecule has 0 saturated heterocycles. The molecule has 0 unspecified atom stereocenters. The van der Waals surface area contributed by atoms with E-state index in [0.29, 0.717) is 0 Å². The largest absolute Gasteiger partial charge is 0.466 e. The van der Waals surface area contributed by atoms with E-state index >= 15 is 0 Å². The monoisotopic (exact) mass is 294 g/mol. The predicted octanol–water partition coefficient (Wildman–Crippen LogP) is 2.69. The molecule has 0 radical (unpaired) electrons. The number of rotatable bonds is 5. The fourth-order valence-electron chi connectivity index (χ4n) is 1.44. The maximum Gasteiger partial charge on any atom is 0.310 e. The molecule has 0 amide bonds. The maximum absolute atomic E-state index is 12.7. The van der Waals surface area contributed by atoms with Crippen molar-refractivity contribution in [2.45, 2.75) is 19.8 Å². The molecule has 0 atom stereocenters. The zero-order valence-electron chi connectivity index (χ0n) is 9.73. The van der Waals surface area contributed by atoms with Gasteiger partial charge in [-0.15, -0.1) is 0 Å². The minimum Gasteiger partial charge on any atom is -0.466 e. The van der Waals surface area contributed by atoms with Gasteiger partial charge in [0, 0.05) is 5.56 Å². The Morgan fingerprint density at radius 2 is 2.26 bits per heavy atom. The first-order valence-corrected chi connectivity index (χ1v) is 5.52. The normalized spacial score (nSPS) is 10.6. The molecule has 0 fully saturated rings. The van der Waals surface area contributed by atoms with Crippen LogP contribution in [0.15, 0.2) is 6.07 Å². The third-order valence-corrected chi connectivity index (χ3v) is 2.29. The first-order valence-electron chi connectivity index (χ1n) is 5.14. The van der Waals surface area contributed by atoms with E-state index in [0.717, 1.165) is 6.07 Å². The van der Waals surface area contributed by atoms with E-state index in [1.807, 2.05) is 0 Å². The van der Waals surface area contributed by atoms with Crippen LogP contribution in [0.25, 0.3) is 0 Å². The zero-order valence-corrected chi connectivity index (χ0v) is 10.5. The molecule has 0 bridgehead atoms. The number of hydrogen-bond acceptors (Lipinski definition) is 5. The molecule has 0 N–H and O–H groups in total. The molecule has 1 aromatic rings. The Balaban J connectivity index is 3.28. The summed E-state index contributed by atoms with van der Waals surface area (Å²) in [5, 5.41) is 10.5. The first kappa shape index (κ1) is 15.2. The summed E-state index contributed by atoms with van der Waals surface area (Å²) in [5.74, 6) is -0.770. The van der Waals surface area contributed by atoms with Crippen molar-refractivity contribution in [1.29, 1.82) is 0 Å². The smallest absolute Gasteiger partial charge is 0.310 e. The van der Waals surface area contributed by atoms with E-state index in [1.165, 1.54) is 0 Å². The van der Waals surface area contributed by atoms with Crippen molar-refractivity contribution in [3.05, 3.63) is 32.6 Å². The van der Waals surface area contributed by atoms with Crippen molar-refractivity contribution in [3.63, 3.8) is 0 Å².